The van der Waals surface area contributed by atoms with Gasteiger partial charge in [0.25, 0.3) is 0 Å². The van der Waals surface area contributed by atoms with Gasteiger partial charge in [0.2, 0.25) is 0 Å². The third kappa shape index (κ3) is 4.81. The summed E-state index contributed by atoms with van der Waals surface area (Å²) in [6.07, 6.45) is 4.21. The molecule has 0 aromatic heterocycles. The second-order valence-corrected chi connectivity index (χ2v) is 11.8. The Morgan fingerprint density at radius 3 is 2.61 bits per heavy atom. The van der Waals surface area contributed by atoms with Crippen LogP contribution in [0.4, 0.5) is 4.79 Å². The molecule has 1 N–H and O–H groups in total. The lowest BCUT2D eigenvalue weighted by Gasteiger charge is -2.55. The average molecular weight is 493 g/mol. The number of nitrogens with one attached hydrogen (secondary N) is 1. The van der Waals surface area contributed by atoms with Crippen molar-refractivity contribution in [2.75, 3.05) is 26.2 Å². The summed E-state index contributed by atoms with van der Waals surface area (Å²) in [7, 11) is 0. The lowest BCUT2D eigenvalue weighted by atomic mass is 9.79. The largest absolute Gasteiger partial charge is 0.444 e. The second-order valence-electron chi connectivity index (χ2n) is 10.9. The van der Waals surface area contributed by atoms with E-state index in [-0.39, 0.29) is 11.6 Å². The minimum Gasteiger partial charge on any atom is -0.444 e. The molecule has 31 heavy (non-hydrogen) atoms. The van der Waals surface area contributed by atoms with Crippen molar-refractivity contribution >= 4 is 22.0 Å². The lowest BCUT2D eigenvalue weighted by molar-refractivity contribution is -0.0371. The maximum Gasteiger partial charge on any atom is 0.410 e. The Balaban J connectivity index is 1.51. The molecule has 6 heteroatoms. The highest BCUT2D eigenvalue weighted by molar-refractivity contribution is 9.10. The predicted octanol–water partition coefficient (Wildman–Crippen LogP) is 4.93. The van der Waals surface area contributed by atoms with Crippen LogP contribution in [-0.4, -0.2) is 65.3 Å². The minimum atomic E-state index is -0.443. The summed E-state index contributed by atoms with van der Waals surface area (Å²) in [5.41, 5.74) is 2.70. The van der Waals surface area contributed by atoms with Crippen molar-refractivity contribution in [2.24, 2.45) is 0 Å². The van der Waals surface area contributed by atoms with E-state index in [4.69, 9.17) is 4.74 Å². The number of rotatable bonds is 2. The molecule has 2 unspecified atom stereocenters. The van der Waals surface area contributed by atoms with E-state index < -0.39 is 5.60 Å². The Morgan fingerprint density at radius 1 is 1.23 bits per heavy atom. The number of fused-ring (bicyclic) bond motifs is 1. The quantitative estimate of drug-likeness (QED) is 0.636. The first-order valence-electron chi connectivity index (χ1n) is 11.8. The first-order valence-corrected chi connectivity index (χ1v) is 12.6. The summed E-state index contributed by atoms with van der Waals surface area (Å²) in [5, 5.41) is 3.75. The molecule has 2 fully saturated rings. The molecule has 2 saturated heterocycles. The number of nitrogens with zero attached hydrogens (tertiary/aromatic N) is 2. The molecular weight excluding hydrogens is 454 g/mol. The van der Waals surface area contributed by atoms with E-state index in [1.54, 1.807) is 0 Å². The van der Waals surface area contributed by atoms with Gasteiger partial charge >= 0.3 is 6.09 Å². The van der Waals surface area contributed by atoms with E-state index in [0.717, 1.165) is 39.0 Å². The van der Waals surface area contributed by atoms with Gasteiger partial charge in [0.1, 0.15) is 5.60 Å². The van der Waals surface area contributed by atoms with Crippen LogP contribution in [0.25, 0.3) is 0 Å². The van der Waals surface area contributed by atoms with E-state index >= 15 is 0 Å². The van der Waals surface area contributed by atoms with Crippen LogP contribution in [-0.2, 0) is 11.2 Å². The maximum absolute atomic E-state index is 12.6. The first kappa shape index (κ1) is 23.1. The van der Waals surface area contributed by atoms with Gasteiger partial charge in [0.05, 0.1) is 0 Å². The molecule has 2 aliphatic heterocycles. The normalized spacial score (nSPS) is 29.0. The number of amides is 1. The molecule has 5 nitrogen and oxygen atoms in total. The number of hydrogen-bond acceptors (Lipinski definition) is 4. The Kier molecular flexibility index (Phi) is 6.46. The third-order valence-corrected chi connectivity index (χ3v) is 8.01. The third-order valence-electron chi connectivity index (χ3n) is 7.52. The number of likely N-dealkylation sites (tertiary alicyclic amines) is 1. The van der Waals surface area contributed by atoms with Crippen molar-refractivity contribution in [3.05, 3.63) is 33.8 Å². The highest BCUT2D eigenvalue weighted by atomic mass is 79.9. The molecule has 0 radical (unpaired) electrons. The number of piperidine rings is 1. The van der Waals surface area contributed by atoms with Crippen molar-refractivity contribution in [1.29, 1.82) is 0 Å². The zero-order valence-electron chi connectivity index (χ0n) is 19.7. The Labute approximate surface area is 196 Å². The van der Waals surface area contributed by atoms with Crippen molar-refractivity contribution in [3.63, 3.8) is 0 Å². The topological polar surface area (TPSA) is 44.8 Å². The van der Waals surface area contributed by atoms with Gasteiger partial charge in [-0.2, -0.15) is 0 Å². The summed E-state index contributed by atoms with van der Waals surface area (Å²) in [5.74, 6) is 0.562. The zero-order chi connectivity index (χ0) is 22.4. The van der Waals surface area contributed by atoms with Gasteiger partial charge in [-0.25, -0.2) is 4.79 Å². The molecular formula is C25H38BrN3O2. The van der Waals surface area contributed by atoms with Crippen LogP contribution in [0.1, 0.15) is 70.9 Å². The smallest absolute Gasteiger partial charge is 0.410 e. The summed E-state index contributed by atoms with van der Waals surface area (Å²) < 4.78 is 6.80. The number of carbonyl (C=O) groups is 1. The van der Waals surface area contributed by atoms with Crippen LogP contribution < -0.4 is 5.32 Å². The molecule has 0 spiro atoms. The Morgan fingerprint density at radius 2 is 1.94 bits per heavy atom. The fourth-order valence-electron chi connectivity index (χ4n) is 5.91. The van der Waals surface area contributed by atoms with E-state index in [0.29, 0.717) is 18.0 Å². The number of hydrogen-bond donors (Lipinski definition) is 1. The highest BCUT2D eigenvalue weighted by Gasteiger charge is 2.47. The van der Waals surface area contributed by atoms with Crippen LogP contribution in [0.2, 0.25) is 0 Å². The lowest BCUT2D eigenvalue weighted by Crippen LogP contribution is -2.67. The van der Waals surface area contributed by atoms with E-state index in [2.05, 4.69) is 58.2 Å². The van der Waals surface area contributed by atoms with Crippen LogP contribution in [0.5, 0.6) is 0 Å². The van der Waals surface area contributed by atoms with Gasteiger partial charge in [-0.05, 0) is 83.6 Å². The van der Waals surface area contributed by atoms with Crippen molar-refractivity contribution in [1.82, 2.24) is 15.1 Å². The SMILES string of the molecule is C[C@@H]1NCCN(C2(C)CCN(C(=O)OC(C)(C)C)CC2)C1C1CCc2cc(Br)ccc21. The van der Waals surface area contributed by atoms with Gasteiger partial charge in [-0.15, -0.1) is 0 Å². The number of aryl methyl sites for hydroxylation is 1. The molecule has 3 aliphatic rings. The Bertz CT molecular complexity index is 813. The summed E-state index contributed by atoms with van der Waals surface area (Å²) in [6.45, 7) is 14.2. The van der Waals surface area contributed by atoms with E-state index in [9.17, 15) is 4.79 Å². The standard InChI is InChI=1S/C25H38BrN3O2/c1-17-22(21-8-6-18-16-19(26)7-9-20(18)21)29(15-12-27-17)25(5)10-13-28(14-11-25)23(30)31-24(2,3)4/h7,9,16-17,21-22,27H,6,8,10-15H2,1-5H3/t17-,21?,22?/m0/s1. The molecule has 1 aromatic carbocycles. The summed E-state index contributed by atoms with van der Waals surface area (Å²) in [4.78, 5) is 17.3. The monoisotopic (exact) mass is 491 g/mol. The second kappa shape index (κ2) is 8.68. The molecule has 0 bridgehead atoms. The van der Waals surface area contributed by atoms with Gasteiger partial charge in [0, 0.05) is 54.2 Å². The highest BCUT2D eigenvalue weighted by Crippen LogP contribution is 2.43. The average Bonchev–Trinajstić information content (AvgIpc) is 3.09. The molecule has 2 heterocycles. The van der Waals surface area contributed by atoms with E-state index in [1.807, 2.05) is 25.7 Å². The van der Waals surface area contributed by atoms with Gasteiger partial charge in [-0.1, -0.05) is 22.0 Å². The molecule has 4 rings (SSSR count). The number of piperazine rings is 1. The fourth-order valence-corrected chi connectivity index (χ4v) is 6.31. The number of halogens is 1. The van der Waals surface area contributed by atoms with Crippen molar-refractivity contribution in [2.45, 2.75) is 89.4 Å². The molecule has 1 aliphatic carbocycles. The molecule has 172 valence electrons. The molecule has 1 amide bonds. The summed E-state index contributed by atoms with van der Waals surface area (Å²) in [6, 6.07) is 7.78. The Hall–Kier alpha value is -1.11. The van der Waals surface area contributed by atoms with Crippen molar-refractivity contribution in [3.8, 4) is 0 Å². The molecule has 0 saturated carbocycles. The molecule has 3 atom stereocenters. The van der Waals surface area contributed by atoms with Gasteiger partial charge in [-0.3, -0.25) is 4.90 Å². The van der Waals surface area contributed by atoms with Crippen LogP contribution in [0.3, 0.4) is 0 Å². The first-order chi connectivity index (χ1) is 14.6. The zero-order valence-corrected chi connectivity index (χ0v) is 21.3. The van der Waals surface area contributed by atoms with Gasteiger partial charge in [0.15, 0.2) is 0 Å². The number of ether oxygens (including phenoxy) is 1. The number of carbonyl (C=O) groups excluding carboxylic acids is 1. The van der Waals surface area contributed by atoms with Crippen molar-refractivity contribution < 1.29 is 9.53 Å². The molecule has 1 aromatic rings. The minimum absolute atomic E-state index is 0.109. The number of benzene rings is 1. The van der Waals surface area contributed by atoms with Crippen LogP contribution in [0.15, 0.2) is 22.7 Å². The van der Waals surface area contributed by atoms with Crippen LogP contribution in [0, 0.1) is 0 Å². The maximum atomic E-state index is 12.6. The fraction of sp³-hybridized carbons (Fsp3) is 0.720. The van der Waals surface area contributed by atoms with Gasteiger partial charge < -0.3 is 15.0 Å². The summed E-state index contributed by atoms with van der Waals surface area (Å²) >= 11 is 3.65. The van der Waals surface area contributed by atoms with Crippen LogP contribution >= 0.6 is 15.9 Å². The predicted molar refractivity (Wildman–Crippen MR) is 129 cm³/mol. The van der Waals surface area contributed by atoms with E-state index in [1.165, 1.54) is 28.4 Å².